The standard InChI is InChI=1S/C14H21N5/c1-5-15-13-7-12(17-14(18-13)10(3)4)11-8-16-19(6-2)9-11/h7-10H,5-6H2,1-4H3,(H,15,17,18). The van der Waals surface area contributed by atoms with E-state index in [0.717, 1.165) is 36.0 Å². The first-order valence-corrected chi connectivity index (χ1v) is 6.79. The lowest BCUT2D eigenvalue weighted by Crippen LogP contribution is -2.05. The molecule has 2 rings (SSSR count). The van der Waals surface area contributed by atoms with Gasteiger partial charge in [0.05, 0.1) is 11.9 Å². The molecule has 0 saturated carbocycles. The smallest absolute Gasteiger partial charge is 0.133 e. The minimum Gasteiger partial charge on any atom is -0.370 e. The van der Waals surface area contributed by atoms with E-state index in [1.54, 1.807) is 0 Å². The van der Waals surface area contributed by atoms with Crippen molar-refractivity contribution in [2.24, 2.45) is 0 Å². The third-order valence-electron chi connectivity index (χ3n) is 2.87. The van der Waals surface area contributed by atoms with Crippen LogP contribution in [0.5, 0.6) is 0 Å². The number of hydrogen-bond acceptors (Lipinski definition) is 4. The van der Waals surface area contributed by atoms with E-state index in [2.05, 4.69) is 48.1 Å². The minimum atomic E-state index is 0.304. The summed E-state index contributed by atoms with van der Waals surface area (Å²) < 4.78 is 1.90. The molecule has 2 heterocycles. The Labute approximate surface area is 114 Å². The van der Waals surface area contributed by atoms with Crippen LogP contribution < -0.4 is 5.32 Å². The number of anilines is 1. The fourth-order valence-electron chi connectivity index (χ4n) is 1.81. The SMILES string of the molecule is CCNc1cc(-c2cnn(CC)c2)nc(C(C)C)n1. The highest BCUT2D eigenvalue weighted by molar-refractivity contribution is 5.61. The van der Waals surface area contributed by atoms with E-state index in [4.69, 9.17) is 0 Å². The molecule has 0 aliphatic heterocycles. The second-order valence-electron chi connectivity index (χ2n) is 4.77. The molecule has 0 atom stereocenters. The molecule has 0 radical (unpaired) electrons. The molecule has 5 heteroatoms. The first-order chi connectivity index (χ1) is 9.13. The lowest BCUT2D eigenvalue weighted by molar-refractivity contribution is 0.660. The zero-order valence-corrected chi connectivity index (χ0v) is 12.0. The van der Waals surface area contributed by atoms with Gasteiger partial charge < -0.3 is 5.32 Å². The Hall–Kier alpha value is -1.91. The Morgan fingerprint density at radius 1 is 1.26 bits per heavy atom. The molecule has 0 unspecified atom stereocenters. The molecular weight excluding hydrogens is 238 g/mol. The predicted octanol–water partition coefficient (Wildman–Crippen LogP) is 2.92. The quantitative estimate of drug-likeness (QED) is 0.897. The maximum Gasteiger partial charge on any atom is 0.133 e. The molecular formula is C14H21N5. The molecule has 1 N–H and O–H groups in total. The summed E-state index contributed by atoms with van der Waals surface area (Å²) in [4.78, 5) is 9.15. The third-order valence-corrected chi connectivity index (χ3v) is 2.87. The van der Waals surface area contributed by atoms with E-state index >= 15 is 0 Å². The number of rotatable bonds is 5. The van der Waals surface area contributed by atoms with Gasteiger partial charge in [-0.2, -0.15) is 5.10 Å². The Morgan fingerprint density at radius 2 is 2.05 bits per heavy atom. The van der Waals surface area contributed by atoms with E-state index in [-0.39, 0.29) is 0 Å². The minimum absolute atomic E-state index is 0.304. The maximum absolute atomic E-state index is 4.63. The van der Waals surface area contributed by atoms with Crippen LogP contribution in [-0.2, 0) is 6.54 Å². The predicted molar refractivity (Wildman–Crippen MR) is 77.2 cm³/mol. The second kappa shape index (κ2) is 5.82. The van der Waals surface area contributed by atoms with Gasteiger partial charge in [-0.3, -0.25) is 4.68 Å². The van der Waals surface area contributed by atoms with Crippen molar-refractivity contribution in [3.63, 3.8) is 0 Å². The first kappa shape index (κ1) is 13.5. The molecule has 0 aliphatic rings. The lowest BCUT2D eigenvalue weighted by Gasteiger charge is -2.10. The van der Waals surface area contributed by atoms with E-state index in [0.29, 0.717) is 5.92 Å². The van der Waals surface area contributed by atoms with Gasteiger partial charge in [0.2, 0.25) is 0 Å². The Morgan fingerprint density at radius 3 is 2.63 bits per heavy atom. The van der Waals surface area contributed by atoms with Crippen LogP contribution in [0.2, 0.25) is 0 Å². The summed E-state index contributed by atoms with van der Waals surface area (Å²) in [5.41, 5.74) is 1.96. The van der Waals surface area contributed by atoms with Gasteiger partial charge in [-0.1, -0.05) is 13.8 Å². The van der Waals surface area contributed by atoms with Crippen LogP contribution in [0.3, 0.4) is 0 Å². The topological polar surface area (TPSA) is 55.6 Å². The number of aromatic nitrogens is 4. The van der Waals surface area contributed by atoms with Crippen molar-refractivity contribution in [1.82, 2.24) is 19.7 Å². The molecule has 2 aromatic heterocycles. The molecule has 0 saturated heterocycles. The van der Waals surface area contributed by atoms with Gasteiger partial charge in [0.1, 0.15) is 11.6 Å². The van der Waals surface area contributed by atoms with E-state index < -0.39 is 0 Å². The summed E-state index contributed by atoms with van der Waals surface area (Å²) in [6.45, 7) is 10.0. The van der Waals surface area contributed by atoms with Crippen molar-refractivity contribution in [2.45, 2.75) is 40.2 Å². The van der Waals surface area contributed by atoms with Crippen LogP contribution >= 0.6 is 0 Å². The van der Waals surface area contributed by atoms with Gasteiger partial charge in [-0.25, -0.2) is 9.97 Å². The van der Waals surface area contributed by atoms with Crippen LogP contribution in [0.25, 0.3) is 11.3 Å². The van der Waals surface area contributed by atoms with Crippen molar-refractivity contribution in [1.29, 1.82) is 0 Å². The van der Waals surface area contributed by atoms with Gasteiger partial charge >= 0.3 is 0 Å². The molecule has 19 heavy (non-hydrogen) atoms. The molecule has 0 fully saturated rings. The molecule has 0 aromatic carbocycles. The molecule has 5 nitrogen and oxygen atoms in total. The fraction of sp³-hybridized carbons (Fsp3) is 0.500. The normalized spacial score (nSPS) is 11.0. The van der Waals surface area contributed by atoms with Gasteiger partial charge in [0.15, 0.2) is 0 Å². The van der Waals surface area contributed by atoms with Gasteiger partial charge in [0.25, 0.3) is 0 Å². The highest BCUT2D eigenvalue weighted by Gasteiger charge is 2.10. The number of nitrogens with one attached hydrogen (secondary N) is 1. The second-order valence-corrected chi connectivity index (χ2v) is 4.77. The molecule has 102 valence electrons. The van der Waals surface area contributed by atoms with Crippen LogP contribution in [0.1, 0.15) is 39.4 Å². The highest BCUT2D eigenvalue weighted by Crippen LogP contribution is 2.22. The summed E-state index contributed by atoms with van der Waals surface area (Å²) in [7, 11) is 0. The summed E-state index contributed by atoms with van der Waals surface area (Å²) in [5, 5.41) is 7.55. The molecule has 0 bridgehead atoms. The Kier molecular flexibility index (Phi) is 4.14. The summed E-state index contributed by atoms with van der Waals surface area (Å²) in [6, 6.07) is 1.98. The average Bonchev–Trinajstić information content (AvgIpc) is 2.87. The number of aryl methyl sites for hydroxylation is 1. The zero-order valence-electron chi connectivity index (χ0n) is 12.0. The monoisotopic (exact) mass is 259 g/mol. The van der Waals surface area contributed by atoms with Gasteiger partial charge in [0, 0.05) is 36.8 Å². The van der Waals surface area contributed by atoms with Crippen LogP contribution in [-0.4, -0.2) is 26.3 Å². The molecule has 0 amide bonds. The van der Waals surface area contributed by atoms with Gasteiger partial charge in [-0.05, 0) is 13.8 Å². The third kappa shape index (κ3) is 3.10. The van der Waals surface area contributed by atoms with Crippen molar-refractivity contribution in [3.8, 4) is 11.3 Å². The molecule has 0 aliphatic carbocycles. The van der Waals surface area contributed by atoms with Crippen molar-refractivity contribution in [3.05, 3.63) is 24.3 Å². The summed E-state index contributed by atoms with van der Waals surface area (Å²) in [6.07, 6.45) is 3.87. The van der Waals surface area contributed by atoms with E-state index in [1.165, 1.54) is 0 Å². The number of nitrogens with zero attached hydrogens (tertiary/aromatic N) is 4. The summed E-state index contributed by atoms with van der Waals surface area (Å²) >= 11 is 0. The van der Waals surface area contributed by atoms with E-state index in [9.17, 15) is 0 Å². The largest absolute Gasteiger partial charge is 0.370 e. The summed E-state index contributed by atoms with van der Waals surface area (Å²) in [5.74, 6) is 2.04. The lowest BCUT2D eigenvalue weighted by atomic mass is 10.2. The Balaban J connectivity index is 2.43. The highest BCUT2D eigenvalue weighted by atomic mass is 15.3. The van der Waals surface area contributed by atoms with Crippen LogP contribution in [0.4, 0.5) is 5.82 Å². The maximum atomic E-state index is 4.63. The molecule has 2 aromatic rings. The van der Waals surface area contributed by atoms with Crippen molar-refractivity contribution < 1.29 is 0 Å². The Bertz CT molecular complexity index is 545. The van der Waals surface area contributed by atoms with Crippen molar-refractivity contribution in [2.75, 3.05) is 11.9 Å². The molecule has 0 spiro atoms. The number of hydrogen-bond donors (Lipinski definition) is 1. The van der Waals surface area contributed by atoms with E-state index in [1.807, 2.05) is 23.1 Å². The van der Waals surface area contributed by atoms with Crippen LogP contribution in [0.15, 0.2) is 18.5 Å². The first-order valence-electron chi connectivity index (χ1n) is 6.79. The average molecular weight is 259 g/mol. The van der Waals surface area contributed by atoms with Gasteiger partial charge in [-0.15, -0.1) is 0 Å². The fourth-order valence-corrected chi connectivity index (χ4v) is 1.81. The zero-order chi connectivity index (χ0) is 13.8. The van der Waals surface area contributed by atoms with Crippen LogP contribution in [0, 0.1) is 0 Å². The van der Waals surface area contributed by atoms with Crippen molar-refractivity contribution >= 4 is 5.82 Å².